The first-order valence-electron chi connectivity index (χ1n) is 8.48. The highest BCUT2D eigenvalue weighted by atomic mass is 16.6. The van der Waals surface area contributed by atoms with Gasteiger partial charge in [-0.05, 0) is 23.3 Å². The topological polar surface area (TPSA) is 45.1 Å². The Morgan fingerprint density at radius 3 is 2.36 bits per heavy atom. The predicted molar refractivity (Wildman–Crippen MR) is 98.7 cm³/mol. The fourth-order valence-corrected chi connectivity index (χ4v) is 2.96. The van der Waals surface area contributed by atoms with Crippen LogP contribution >= 0.6 is 0 Å². The number of rotatable bonds is 5. The van der Waals surface area contributed by atoms with E-state index in [9.17, 15) is 4.79 Å². The van der Waals surface area contributed by atoms with Crippen molar-refractivity contribution in [2.75, 3.05) is 33.3 Å². The fourth-order valence-electron chi connectivity index (χ4n) is 2.96. The average molecular weight is 337 g/mol. The summed E-state index contributed by atoms with van der Waals surface area (Å²) in [6.07, 6.45) is 1.62. The summed E-state index contributed by atoms with van der Waals surface area (Å²) in [6, 6.07) is 17.9. The third kappa shape index (κ3) is 4.67. The molecular formula is C20H23N3O2. The average Bonchev–Trinajstić information content (AvgIpc) is 2.68. The molecule has 2 aromatic carbocycles. The van der Waals surface area contributed by atoms with Crippen LogP contribution in [0, 0.1) is 0 Å². The molecule has 0 aromatic heterocycles. The zero-order chi connectivity index (χ0) is 17.5. The highest BCUT2D eigenvalue weighted by Gasteiger charge is 2.22. The standard InChI is InChI=1S/C20H23N3O2/c1-25-21-15-17-7-9-19(10-8-17)20(24)23-13-11-22(12-14-23)16-18-5-3-2-4-6-18/h2-10,15H,11-14,16H2,1H3/b21-15+. The maximum atomic E-state index is 12.6. The third-order valence-corrected chi connectivity index (χ3v) is 4.37. The van der Waals surface area contributed by atoms with Crippen molar-refractivity contribution >= 4 is 12.1 Å². The maximum Gasteiger partial charge on any atom is 0.253 e. The molecule has 0 aliphatic carbocycles. The summed E-state index contributed by atoms with van der Waals surface area (Å²) in [5, 5.41) is 3.72. The van der Waals surface area contributed by atoms with Crippen LogP contribution < -0.4 is 0 Å². The Hall–Kier alpha value is -2.66. The number of carbonyl (C=O) groups excluding carboxylic acids is 1. The molecule has 0 radical (unpaired) electrons. The Morgan fingerprint density at radius 1 is 1.04 bits per heavy atom. The molecule has 5 nitrogen and oxygen atoms in total. The van der Waals surface area contributed by atoms with Crippen LogP contribution in [0.1, 0.15) is 21.5 Å². The van der Waals surface area contributed by atoms with Gasteiger partial charge >= 0.3 is 0 Å². The summed E-state index contributed by atoms with van der Waals surface area (Å²) in [4.78, 5) is 21.6. The molecule has 1 aliphatic rings. The van der Waals surface area contributed by atoms with Crippen molar-refractivity contribution in [3.05, 3.63) is 71.3 Å². The maximum absolute atomic E-state index is 12.6. The van der Waals surface area contributed by atoms with Gasteiger partial charge in [-0.15, -0.1) is 0 Å². The summed E-state index contributed by atoms with van der Waals surface area (Å²) < 4.78 is 0. The fraction of sp³-hybridized carbons (Fsp3) is 0.300. The van der Waals surface area contributed by atoms with E-state index in [4.69, 9.17) is 0 Å². The zero-order valence-corrected chi connectivity index (χ0v) is 14.5. The lowest BCUT2D eigenvalue weighted by molar-refractivity contribution is 0.0628. The largest absolute Gasteiger partial charge is 0.399 e. The van der Waals surface area contributed by atoms with Crippen LogP contribution in [0.25, 0.3) is 0 Å². The molecule has 0 spiro atoms. The van der Waals surface area contributed by atoms with E-state index in [1.54, 1.807) is 6.21 Å². The van der Waals surface area contributed by atoms with Crippen LogP contribution in [0.15, 0.2) is 59.8 Å². The number of amides is 1. The van der Waals surface area contributed by atoms with Crippen molar-refractivity contribution in [2.24, 2.45) is 5.16 Å². The molecule has 1 aliphatic heterocycles. The van der Waals surface area contributed by atoms with Crippen LogP contribution in [0.2, 0.25) is 0 Å². The number of piperazine rings is 1. The predicted octanol–water partition coefficient (Wildman–Crippen LogP) is 2.62. The minimum Gasteiger partial charge on any atom is -0.399 e. The van der Waals surface area contributed by atoms with E-state index in [0.717, 1.165) is 38.3 Å². The Labute approximate surface area is 148 Å². The van der Waals surface area contributed by atoms with E-state index in [1.807, 2.05) is 35.2 Å². The summed E-state index contributed by atoms with van der Waals surface area (Å²) in [5.41, 5.74) is 2.94. The number of oxime groups is 1. The van der Waals surface area contributed by atoms with Crippen molar-refractivity contribution < 1.29 is 9.63 Å². The van der Waals surface area contributed by atoms with Gasteiger partial charge < -0.3 is 9.74 Å². The number of hydrogen-bond donors (Lipinski definition) is 0. The molecule has 1 fully saturated rings. The molecule has 0 atom stereocenters. The Kier molecular flexibility index (Phi) is 5.80. The number of benzene rings is 2. The van der Waals surface area contributed by atoms with E-state index in [1.165, 1.54) is 12.7 Å². The quantitative estimate of drug-likeness (QED) is 0.622. The Bertz CT molecular complexity index is 705. The second-order valence-corrected chi connectivity index (χ2v) is 6.09. The second kappa shape index (κ2) is 8.44. The molecule has 1 amide bonds. The van der Waals surface area contributed by atoms with Crippen LogP contribution in [0.4, 0.5) is 0 Å². The molecule has 0 bridgehead atoms. The first-order chi connectivity index (χ1) is 12.3. The van der Waals surface area contributed by atoms with Crippen LogP contribution in [0.3, 0.4) is 0 Å². The lowest BCUT2D eigenvalue weighted by Gasteiger charge is -2.34. The van der Waals surface area contributed by atoms with Crippen LogP contribution in [-0.2, 0) is 11.4 Å². The van der Waals surface area contributed by atoms with Gasteiger partial charge in [-0.2, -0.15) is 0 Å². The van der Waals surface area contributed by atoms with Crippen molar-refractivity contribution in [1.29, 1.82) is 0 Å². The Balaban J connectivity index is 1.53. The monoisotopic (exact) mass is 337 g/mol. The molecule has 3 rings (SSSR count). The summed E-state index contributed by atoms with van der Waals surface area (Å²) in [6.45, 7) is 4.27. The van der Waals surface area contributed by atoms with Crippen LogP contribution in [-0.4, -0.2) is 55.2 Å². The molecular weight excluding hydrogens is 314 g/mol. The van der Waals surface area contributed by atoms with E-state index in [2.05, 4.69) is 39.2 Å². The summed E-state index contributed by atoms with van der Waals surface area (Å²) in [5.74, 6) is 0.0922. The van der Waals surface area contributed by atoms with Crippen LogP contribution in [0.5, 0.6) is 0 Å². The normalized spacial score (nSPS) is 15.5. The minimum atomic E-state index is 0.0922. The molecule has 1 heterocycles. The highest BCUT2D eigenvalue weighted by Crippen LogP contribution is 2.12. The lowest BCUT2D eigenvalue weighted by atomic mass is 10.1. The van der Waals surface area contributed by atoms with Gasteiger partial charge in [-0.3, -0.25) is 9.69 Å². The molecule has 5 heteroatoms. The SMILES string of the molecule is CO/N=C/c1ccc(C(=O)N2CCN(Cc3ccccc3)CC2)cc1. The number of carbonyl (C=O) groups is 1. The van der Waals surface area contributed by atoms with E-state index in [0.29, 0.717) is 5.56 Å². The molecule has 130 valence electrons. The highest BCUT2D eigenvalue weighted by molar-refractivity contribution is 5.95. The van der Waals surface area contributed by atoms with Gasteiger partial charge in [0, 0.05) is 38.3 Å². The molecule has 2 aromatic rings. The van der Waals surface area contributed by atoms with Gasteiger partial charge in [0.05, 0.1) is 6.21 Å². The van der Waals surface area contributed by atoms with Crippen molar-refractivity contribution in [2.45, 2.75) is 6.54 Å². The first kappa shape index (κ1) is 17.2. The van der Waals surface area contributed by atoms with Gasteiger partial charge in [-0.25, -0.2) is 0 Å². The smallest absolute Gasteiger partial charge is 0.253 e. The second-order valence-electron chi connectivity index (χ2n) is 6.09. The van der Waals surface area contributed by atoms with Gasteiger partial charge in [0.25, 0.3) is 5.91 Å². The third-order valence-electron chi connectivity index (χ3n) is 4.37. The number of nitrogens with zero attached hydrogens (tertiary/aromatic N) is 3. The Morgan fingerprint density at radius 2 is 1.72 bits per heavy atom. The van der Waals surface area contributed by atoms with Gasteiger partial charge in [0.1, 0.15) is 7.11 Å². The van der Waals surface area contributed by atoms with E-state index < -0.39 is 0 Å². The van der Waals surface area contributed by atoms with Gasteiger partial charge in [0.2, 0.25) is 0 Å². The van der Waals surface area contributed by atoms with E-state index >= 15 is 0 Å². The van der Waals surface area contributed by atoms with Crippen molar-refractivity contribution in [3.63, 3.8) is 0 Å². The summed E-state index contributed by atoms with van der Waals surface area (Å²) in [7, 11) is 1.51. The molecule has 0 N–H and O–H groups in total. The number of hydrogen-bond acceptors (Lipinski definition) is 4. The summed E-state index contributed by atoms with van der Waals surface area (Å²) >= 11 is 0. The zero-order valence-electron chi connectivity index (χ0n) is 14.5. The minimum absolute atomic E-state index is 0.0922. The van der Waals surface area contributed by atoms with Crippen molar-refractivity contribution in [3.8, 4) is 0 Å². The molecule has 0 unspecified atom stereocenters. The molecule has 25 heavy (non-hydrogen) atoms. The first-order valence-corrected chi connectivity index (χ1v) is 8.48. The van der Waals surface area contributed by atoms with Gasteiger partial charge in [-0.1, -0.05) is 47.6 Å². The molecule has 1 saturated heterocycles. The molecule has 0 saturated carbocycles. The van der Waals surface area contributed by atoms with Gasteiger partial charge in [0.15, 0.2) is 0 Å². The van der Waals surface area contributed by atoms with E-state index in [-0.39, 0.29) is 5.91 Å². The van der Waals surface area contributed by atoms with Crippen molar-refractivity contribution in [1.82, 2.24) is 9.80 Å². The lowest BCUT2D eigenvalue weighted by Crippen LogP contribution is -2.48.